The summed E-state index contributed by atoms with van der Waals surface area (Å²) in [4.78, 5) is 15.6. The molecule has 1 N–H and O–H groups in total. The molecule has 0 bridgehead atoms. The number of amides is 1. The van der Waals surface area contributed by atoms with Crippen LogP contribution in [0.2, 0.25) is 0 Å². The van der Waals surface area contributed by atoms with E-state index in [0.717, 1.165) is 26.2 Å². The van der Waals surface area contributed by atoms with Crippen molar-refractivity contribution < 1.29 is 17.9 Å². The van der Waals surface area contributed by atoms with E-state index in [2.05, 4.69) is 24.1 Å². The van der Waals surface area contributed by atoms with E-state index in [4.69, 9.17) is 4.74 Å². The van der Waals surface area contributed by atoms with Crippen LogP contribution in [0, 0.1) is 5.92 Å². The molecule has 0 spiro atoms. The fourth-order valence-electron chi connectivity index (χ4n) is 3.66. The Morgan fingerprint density at radius 3 is 2.52 bits per heavy atom. The Balaban J connectivity index is 1.49. The average Bonchev–Trinajstić information content (AvgIpc) is 2.63. The van der Waals surface area contributed by atoms with Gasteiger partial charge >= 0.3 is 0 Å². The molecule has 29 heavy (non-hydrogen) atoms. The number of piperazine rings is 1. The van der Waals surface area contributed by atoms with Crippen molar-refractivity contribution in [2.45, 2.75) is 43.4 Å². The van der Waals surface area contributed by atoms with Crippen molar-refractivity contribution >= 4 is 15.7 Å². The van der Waals surface area contributed by atoms with Gasteiger partial charge in [0.1, 0.15) is 17.6 Å². The molecule has 2 aliphatic heterocycles. The molecule has 2 fully saturated rings. The van der Waals surface area contributed by atoms with Crippen molar-refractivity contribution in [2.75, 3.05) is 45.9 Å². The molecule has 3 rings (SSSR count). The minimum atomic E-state index is -3.41. The molecule has 0 aromatic heterocycles. The molecule has 162 valence electrons. The first-order valence-electron chi connectivity index (χ1n) is 10.4. The normalized spacial score (nSPS) is 21.2. The minimum Gasteiger partial charge on any atom is -0.492 e. The summed E-state index contributed by atoms with van der Waals surface area (Å²) in [6.07, 6.45) is 1.20. The van der Waals surface area contributed by atoms with Crippen LogP contribution in [0.3, 0.4) is 0 Å². The summed E-state index contributed by atoms with van der Waals surface area (Å²) >= 11 is 0. The van der Waals surface area contributed by atoms with Crippen molar-refractivity contribution in [1.82, 2.24) is 15.1 Å². The molecule has 1 unspecified atom stereocenters. The highest BCUT2D eigenvalue weighted by Gasteiger charge is 2.39. The molecule has 7 nitrogen and oxygen atoms in total. The monoisotopic (exact) mass is 423 g/mol. The lowest BCUT2D eigenvalue weighted by Crippen LogP contribution is -2.56. The molecule has 2 saturated heterocycles. The van der Waals surface area contributed by atoms with Gasteiger partial charge in [0.05, 0.1) is 10.9 Å². The summed E-state index contributed by atoms with van der Waals surface area (Å²) in [6.45, 7) is 11.2. The third-order valence-corrected chi connectivity index (χ3v) is 7.80. The van der Waals surface area contributed by atoms with Gasteiger partial charge in [0, 0.05) is 39.6 Å². The number of rotatable bonds is 8. The Bertz CT molecular complexity index is 789. The van der Waals surface area contributed by atoms with Crippen molar-refractivity contribution in [2.24, 2.45) is 5.92 Å². The Hall–Kier alpha value is -1.64. The number of hydrogen-bond acceptors (Lipinski definition) is 6. The van der Waals surface area contributed by atoms with Gasteiger partial charge in [-0.25, -0.2) is 8.42 Å². The number of carbonyl (C=O) groups is 1. The molecular formula is C21H33N3O4S. The summed E-state index contributed by atoms with van der Waals surface area (Å²) in [5.41, 5.74) is 0. The number of nitrogens with zero attached hydrogens (tertiary/aromatic N) is 2. The number of benzene rings is 1. The molecule has 0 saturated carbocycles. The van der Waals surface area contributed by atoms with E-state index in [1.54, 1.807) is 29.2 Å². The predicted molar refractivity (Wildman–Crippen MR) is 113 cm³/mol. The number of carbonyl (C=O) groups excluding carboxylic acids is 1. The molecule has 1 aromatic carbocycles. The third-order valence-electron chi connectivity index (χ3n) is 5.70. The van der Waals surface area contributed by atoms with Gasteiger partial charge in [0.15, 0.2) is 9.84 Å². The topological polar surface area (TPSA) is 79.0 Å². The van der Waals surface area contributed by atoms with Gasteiger partial charge in [-0.15, -0.1) is 0 Å². The summed E-state index contributed by atoms with van der Waals surface area (Å²) in [6, 6.07) is 6.91. The lowest BCUT2D eigenvalue weighted by molar-refractivity contribution is -0.131. The molecule has 8 heteroatoms. The number of likely N-dealkylation sites (tertiary alicyclic amines) is 1. The zero-order chi connectivity index (χ0) is 21.0. The van der Waals surface area contributed by atoms with Gasteiger partial charge in [0.2, 0.25) is 5.91 Å². The van der Waals surface area contributed by atoms with Crippen LogP contribution in [0.15, 0.2) is 29.2 Å². The van der Waals surface area contributed by atoms with E-state index in [9.17, 15) is 13.2 Å². The van der Waals surface area contributed by atoms with Gasteiger partial charge in [-0.2, -0.15) is 0 Å². The lowest BCUT2D eigenvalue weighted by Gasteiger charge is -2.37. The zero-order valence-electron chi connectivity index (χ0n) is 17.6. The van der Waals surface area contributed by atoms with E-state index >= 15 is 0 Å². The number of hydrogen-bond donors (Lipinski definition) is 1. The van der Waals surface area contributed by atoms with E-state index in [1.807, 2.05) is 0 Å². The smallest absolute Gasteiger partial charge is 0.219 e. The summed E-state index contributed by atoms with van der Waals surface area (Å²) in [5.74, 6) is 1.29. The van der Waals surface area contributed by atoms with Crippen LogP contribution in [-0.2, 0) is 14.6 Å². The highest BCUT2D eigenvalue weighted by Crippen LogP contribution is 2.25. The summed E-state index contributed by atoms with van der Waals surface area (Å²) in [7, 11) is -3.41. The van der Waals surface area contributed by atoms with Crippen molar-refractivity contribution in [3.8, 4) is 5.75 Å². The van der Waals surface area contributed by atoms with Crippen LogP contribution in [-0.4, -0.2) is 81.3 Å². The summed E-state index contributed by atoms with van der Waals surface area (Å²) in [5, 5.41) is 2.98. The van der Waals surface area contributed by atoms with E-state index in [1.165, 1.54) is 13.3 Å². The molecule has 1 amide bonds. The fraction of sp³-hybridized carbons (Fsp3) is 0.667. The Morgan fingerprint density at radius 2 is 1.90 bits per heavy atom. The molecular weight excluding hydrogens is 390 g/mol. The number of nitrogens with one attached hydrogen (secondary N) is 1. The van der Waals surface area contributed by atoms with Crippen LogP contribution in [0.1, 0.15) is 27.2 Å². The lowest BCUT2D eigenvalue weighted by atomic mass is 10.1. The first kappa shape index (κ1) is 22.1. The highest BCUT2D eigenvalue weighted by molar-refractivity contribution is 7.92. The molecule has 1 aromatic rings. The van der Waals surface area contributed by atoms with E-state index < -0.39 is 15.1 Å². The number of ether oxygens (including phenoxy) is 1. The molecule has 0 aliphatic carbocycles. The van der Waals surface area contributed by atoms with Crippen molar-refractivity contribution in [1.29, 1.82) is 0 Å². The fourth-order valence-corrected chi connectivity index (χ4v) is 5.31. The first-order chi connectivity index (χ1) is 13.8. The van der Waals surface area contributed by atoms with E-state index in [0.29, 0.717) is 18.3 Å². The van der Waals surface area contributed by atoms with Crippen LogP contribution in [0.25, 0.3) is 0 Å². The van der Waals surface area contributed by atoms with Crippen LogP contribution < -0.4 is 10.1 Å². The molecule has 2 aliphatic rings. The summed E-state index contributed by atoms with van der Waals surface area (Å²) < 4.78 is 31.2. The Labute approximate surface area is 174 Å². The maximum Gasteiger partial charge on any atom is 0.219 e. The van der Waals surface area contributed by atoms with Crippen molar-refractivity contribution in [3.05, 3.63) is 24.3 Å². The largest absolute Gasteiger partial charge is 0.492 e. The van der Waals surface area contributed by atoms with Crippen molar-refractivity contribution in [3.63, 3.8) is 0 Å². The number of sulfone groups is 1. The Morgan fingerprint density at radius 1 is 1.21 bits per heavy atom. The average molecular weight is 424 g/mol. The minimum absolute atomic E-state index is 0.0840. The van der Waals surface area contributed by atoms with Crippen LogP contribution in [0.4, 0.5) is 0 Å². The maximum atomic E-state index is 12.7. The SMILES string of the molecule is CC(=O)N1CC(S(=O)(=O)c2ccc(OCC3CN(CCC(C)C)CCN3)cc2)C1. The second kappa shape index (κ2) is 9.45. The molecule has 0 radical (unpaired) electrons. The second-order valence-corrected chi connectivity index (χ2v) is 10.7. The third kappa shape index (κ3) is 5.71. The molecule has 1 atom stereocenters. The molecule has 2 heterocycles. The quantitative estimate of drug-likeness (QED) is 0.681. The maximum absolute atomic E-state index is 12.7. The highest BCUT2D eigenvalue weighted by atomic mass is 32.2. The predicted octanol–water partition coefficient (Wildman–Crippen LogP) is 1.39. The first-order valence-corrected chi connectivity index (χ1v) is 12.0. The second-order valence-electron chi connectivity index (χ2n) is 8.51. The van der Waals surface area contributed by atoms with Crippen LogP contribution in [0.5, 0.6) is 5.75 Å². The van der Waals surface area contributed by atoms with Gasteiger partial charge in [-0.3, -0.25) is 4.79 Å². The van der Waals surface area contributed by atoms with Gasteiger partial charge in [-0.05, 0) is 43.1 Å². The Kier molecular flexibility index (Phi) is 7.19. The van der Waals surface area contributed by atoms with E-state index in [-0.39, 0.29) is 29.9 Å². The van der Waals surface area contributed by atoms with Gasteiger partial charge < -0.3 is 19.9 Å². The van der Waals surface area contributed by atoms with Gasteiger partial charge in [0.25, 0.3) is 0 Å². The zero-order valence-corrected chi connectivity index (χ0v) is 18.5. The van der Waals surface area contributed by atoms with Gasteiger partial charge in [-0.1, -0.05) is 13.8 Å². The standard InChI is InChI=1S/C21H33N3O4S/c1-16(2)8-10-23-11-9-22-18(12-23)15-28-19-4-6-20(7-5-19)29(26,27)21-13-24(14-21)17(3)25/h4-7,16,18,21-22H,8-15H2,1-3H3. The van der Waals surface area contributed by atoms with Crippen LogP contribution >= 0.6 is 0 Å².